The van der Waals surface area contributed by atoms with E-state index >= 15 is 0 Å². The fourth-order valence-corrected chi connectivity index (χ4v) is 5.91. The molecule has 0 radical (unpaired) electrons. The van der Waals surface area contributed by atoms with Crippen molar-refractivity contribution in [3.8, 4) is 0 Å². The molecule has 0 N–H and O–H groups in total. The number of amides is 1. The number of hydrogen-bond acceptors (Lipinski definition) is 3. The summed E-state index contributed by atoms with van der Waals surface area (Å²) < 4.78 is 0. The molecule has 0 aliphatic carbocycles. The van der Waals surface area contributed by atoms with Gasteiger partial charge in [0.15, 0.2) is 0 Å². The Morgan fingerprint density at radius 3 is 2.69 bits per heavy atom. The van der Waals surface area contributed by atoms with Crippen molar-refractivity contribution >= 4 is 17.2 Å². The first kappa shape index (κ1) is 20.6. The maximum atomic E-state index is 12.7. The van der Waals surface area contributed by atoms with E-state index in [1.54, 1.807) is 11.3 Å². The zero-order valence-electron chi connectivity index (χ0n) is 17.5. The Hall–Kier alpha value is -1.65. The third-order valence-electron chi connectivity index (χ3n) is 6.71. The highest BCUT2D eigenvalue weighted by Gasteiger charge is 2.42. The number of thiophene rings is 1. The predicted molar refractivity (Wildman–Crippen MR) is 121 cm³/mol. The normalized spacial score (nSPS) is 22.4. The quantitative estimate of drug-likeness (QED) is 0.610. The van der Waals surface area contributed by atoms with Gasteiger partial charge in [-0.05, 0) is 75.0 Å². The number of likely N-dealkylation sites (tertiary alicyclic amines) is 2. The molecule has 4 heteroatoms. The van der Waals surface area contributed by atoms with Crippen molar-refractivity contribution in [2.24, 2.45) is 5.41 Å². The molecule has 156 valence electrons. The molecule has 1 aromatic carbocycles. The van der Waals surface area contributed by atoms with Crippen molar-refractivity contribution in [1.82, 2.24) is 9.80 Å². The fraction of sp³-hybridized carbons (Fsp3) is 0.560. The van der Waals surface area contributed by atoms with Gasteiger partial charge < -0.3 is 9.80 Å². The van der Waals surface area contributed by atoms with E-state index in [2.05, 4.69) is 57.6 Å². The zero-order chi connectivity index (χ0) is 19.9. The second kappa shape index (κ2) is 9.90. The van der Waals surface area contributed by atoms with Crippen LogP contribution >= 0.6 is 11.3 Å². The van der Waals surface area contributed by atoms with Gasteiger partial charge in [0.2, 0.25) is 5.91 Å². The van der Waals surface area contributed by atoms with Crippen LogP contribution in [-0.4, -0.2) is 48.4 Å². The van der Waals surface area contributed by atoms with Gasteiger partial charge in [0.1, 0.15) is 0 Å². The number of rotatable bonds is 8. The summed E-state index contributed by atoms with van der Waals surface area (Å²) in [7, 11) is 0. The van der Waals surface area contributed by atoms with Crippen LogP contribution in [0.1, 0.15) is 49.0 Å². The van der Waals surface area contributed by atoms with Crippen molar-refractivity contribution in [3.63, 3.8) is 0 Å². The minimum atomic E-state index is 0.356. The summed E-state index contributed by atoms with van der Waals surface area (Å²) in [5.41, 5.74) is 1.80. The first-order valence-electron chi connectivity index (χ1n) is 11.3. The van der Waals surface area contributed by atoms with E-state index in [4.69, 9.17) is 0 Å². The Labute approximate surface area is 179 Å². The first-order valence-corrected chi connectivity index (χ1v) is 12.2. The van der Waals surface area contributed by atoms with Gasteiger partial charge in [0.05, 0.1) is 0 Å². The molecule has 1 aromatic heterocycles. The minimum Gasteiger partial charge on any atom is -0.342 e. The summed E-state index contributed by atoms with van der Waals surface area (Å²) in [6.45, 7) is 5.55. The van der Waals surface area contributed by atoms with E-state index in [-0.39, 0.29) is 0 Å². The highest BCUT2D eigenvalue weighted by molar-refractivity contribution is 7.09. The Bertz CT molecular complexity index is 760. The lowest BCUT2D eigenvalue weighted by Crippen LogP contribution is -2.45. The molecule has 2 aromatic rings. The summed E-state index contributed by atoms with van der Waals surface area (Å²) in [5.74, 6) is 0.375. The van der Waals surface area contributed by atoms with Gasteiger partial charge in [-0.15, -0.1) is 11.3 Å². The van der Waals surface area contributed by atoms with Crippen LogP contribution in [0.5, 0.6) is 0 Å². The van der Waals surface area contributed by atoms with Gasteiger partial charge >= 0.3 is 0 Å². The smallest absolute Gasteiger partial charge is 0.222 e. The van der Waals surface area contributed by atoms with E-state index in [9.17, 15) is 4.79 Å². The third-order valence-corrected chi connectivity index (χ3v) is 7.64. The van der Waals surface area contributed by atoms with Crippen molar-refractivity contribution in [3.05, 3.63) is 58.3 Å². The third kappa shape index (κ3) is 5.70. The fourth-order valence-electron chi connectivity index (χ4n) is 5.16. The van der Waals surface area contributed by atoms with Crippen LogP contribution in [0.3, 0.4) is 0 Å². The van der Waals surface area contributed by atoms with Crippen molar-refractivity contribution < 1.29 is 4.79 Å². The summed E-state index contributed by atoms with van der Waals surface area (Å²) in [6, 6.07) is 15.1. The summed E-state index contributed by atoms with van der Waals surface area (Å²) in [4.78, 5) is 19.0. The molecule has 29 heavy (non-hydrogen) atoms. The molecular weight excluding hydrogens is 376 g/mol. The van der Waals surface area contributed by atoms with Crippen LogP contribution in [0, 0.1) is 5.41 Å². The number of carbonyl (C=O) groups excluding carboxylic acids is 1. The SMILES string of the molecule is O=C(CCCc1cccs1)N1CCC2(CCCN(CCCc3ccccc3)C2)C1. The predicted octanol–water partition coefficient (Wildman–Crippen LogP) is 5.02. The van der Waals surface area contributed by atoms with Gasteiger partial charge in [0.25, 0.3) is 0 Å². The molecule has 1 amide bonds. The van der Waals surface area contributed by atoms with Gasteiger partial charge in [-0.25, -0.2) is 0 Å². The lowest BCUT2D eigenvalue weighted by Gasteiger charge is -2.40. The second-order valence-corrected chi connectivity index (χ2v) is 10.00. The number of benzene rings is 1. The van der Waals surface area contributed by atoms with Crippen molar-refractivity contribution in [2.45, 2.75) is 51.4 Å². The summed E-state index contributed by atoms with van der Waals surface area (Å²) >= 11 is 1.80. The molecule has 1 unspecified atom stereocenters. The van der Waals surface area contributed by atoms with Crippen molar-refractivity contribution in [2.75, 3.05) is 32.7 Å². The second-order valence-electron chi connectivity index (χ2n) is 8.97. The van der Waals surface area contributed by atoms with Crippen LogP contribution in [0.25, 0.3) is 0 Å². The Kier molecular flexibility index (Phi) is 7.04. The van der Waals surface area contributed by atoms with Crippen LogP contribution in [0.15, 0.2) is 47.8 Å². The maximum absolute atomic E-state index is 12.7. The molecule has 2 saturated heterocycles. The van der Waals surface area contributed by atoms with Gasteiger partial charge in [-0.2, -0.15) is 0 Å². The topological polar surface area (TPSA) is 23.6 Å². The van der Waals surface area contributed by atoms with E-state index in [0.717, 1.165) is 25.9 Å². The lowest BCUT2D eigenvalue weighted by molar-refractivity contribution is -0.130. The Morgan fingerprint density at radius 1 is 0.966 bits per heavy atom. The standard InChI is InChI=1S/C25H34N2OS/c28-24(13-4-11-23-12-6-19-29-23)27-18-15-25(21-27)14-7-17-26(20-25)16-5-10-22-8-2-1-3-9-22/h1-3,6,8-9,12,19H,4-5,7,10-11,13-18,20-21H2. The van der Waals surface area contributed by atoms with Gasteiger partial charge in [0, 0.05) is 36.3 Å². The number of nitrogens with zero attached hydrogens (tertiary/aromatic N) is 2. The molecule has 3 nitrogen and oxygen atoms in total. The van der Waals surface area contributed by atoms with Crippen LogP contribution in [0.4, 0.5) is 0 Å². The van der Waals surface area contributed by atoms with E-state index in [1.165, 1.54) is 62.2 Å². The first-order chi connectivity index (χ1) is 14.2. The molecule has 3 heterocycles. The van der Waals surface area contributed by atoms with Gasteiger partial charge in [-0.3, -0.25) is 4.79 Å². The molecule has 1 spiro atoms. The highest BCUT2D eigenvalue weighted by atomic mass is 32.1. The number of piperidine rings is 1. The Balaban J connectivity index is 1.20. The number of hydrogen-bond donors (Lipinski definition) is 0. The summed E-state index contributed by atoms with van der Waals surface area (Å²) in [6.07, 6.45) is 8.89. The average Bonchev–Trinajstić information content (AvgIpc) is 3.39. The highest BCUT2D eigenvalue weighted by Crippen LogP contribution is 2.39. The minimum absolute atomic E-state index is 0.356. The molecule has 2 fully saturated rings. The zero-order valence-corrected chi connectivity index (χ0v) is 18.3. The molecule has 0 saturated carbocycles. The van der Waals surface area contributed by atoms with Crippen LogP contribution in [-0.2, 0) is 17.6 Å². The van der Waals surface area contributed by atoms with E-state index in [0.29, 0.717) is 17.7 Å². The van der Waals surface area contributed by atoms with Crippen molar-refractivity contribution in [1.29, 1.82) is 0 Å². The van der Waals surface area contributed by atoms with E-state index in [1.807, 2.05) is 0 Å². The number of aryl methyl sites for hydroxylation is 2. The molecule has 4 rings (SSSR count). The van der Waals surface area contributed by atoms with Gasteiger partial charge in [-0.1, -0.05) is 36.4 Å². The van der Waals surface area contributed by atoms with Crippen LogP contribution in [0.2, 0.25) is 0 Å². The molecule has 0 bridgehead atoms. The largest absolute Gasteiger partial charge is 0.342 e. The number of carbonyl (C=O) groups is 1. The van der Waals surface area contributed by atoms with Crippen LogP contribution < -0.4 is 0 Å². The lowest BCUT2D eigenvalue weighted by atomic mass is 9.79. The monoisotopic (exact) mass is 410 g/mol. The maximum Gasteiger partial charge on any atom is 0.222 e. The average molecular weight is 411 g/mol. The Morgan fingerprint density at radius 2 is 1.86 bits per heavy atom. The summed E-state index contributed by atoms with van der Waals surface area (Å²) in [5, 5.41) is 2.12. The molecular formula is C25H34N2OS. The molecule has 2 aliphatic heterocycles. The van der Waals surface area contributed by atoms with E-state index < -0.39 is 0 Å². The molecule has 2 aliphatic rings. The molecule has 1 atom stereocenters.